The lowest BCUT2D eigenvalue weighted by molar-refractivity contribution is 0.0696. The summed E-state index contributed by atoms with van der Waals surface area (Å²) in [6, 6.07) is 5.15. The first-order valence-electron chi connectivity index (χ1n) is 6.51. The standard InChI is InChI=1S/C14H21NO4S/c1-10(2)9-15(11(3)4)20(18,19)13-7-5-12(6-8-13)14(16)17/h5-8,10-11H,9H2,1-4H3,(H,16,17). The lowest BCUT2D eigenvalue weighted by Crippen LogP contribution is -2.39. The summed E-state index contributed by atoms with van der Waals surface area (Å²) in [5, 5.41) is 8.84. The molecule has 0 aliphatic heterocycles. The predicted molar refractivity (Wildman–Crippen MR) is 77.3 cm³/mol. The molecule has 112 valence electrons. The SMILES string of the molecule is CC(C)CN(C(C)C)S(=O)(=O)c1ccc(C(=O)O)cc1. The summed E-state index contributed by atoms with van der Waals surface area (Å²) in [6.07, 6.45) is 0. The van der Waals surface area contributed by atoms with E-state index < -0.39 is 16.0 Å². The number of nitrogens with zero attached hydrogens (tertiary/aromatic N) is 1. The highest BCUT2D eigenvalue weighted by Crippen LogP contribution is 2.20. The van der Waals surface area contributed by atoms with Crippen LogP contribution in [0.3, 0.4) is 0 Å². The van der Waals surface area contributed by atoms with Gasteiger partial charge in [0, 0.05) is 12.6 Å². The number of carboxylic acid groups (broad SMARTS) is 1. The Kier molecular flexibility index (Phi) is 5.30. The Hall–Kier alpha value is -1.40. The van der Waals surface area contributed by atoms with E-state index in [1.807, 2.05) is 27.7 Å². The Balaban J connectivity index is 3.16. The van der Waals surface area contributed by atoms with E-state index in [-0.39, 0.29) is 22.4 Å². The van der Waals surface area contributed by atoms with Gasteiger partial charge in [-0.1, -0.05) is 13.8 Å². The number of rotatable bonds is 6. The summed E-state index contributed by atoms with van der Waals surface area (Å²) in [5.74, 6) is -0.859. The minimum atomic E-state index is -3.60. The Morgan fingerprint density at radius 1 is 1.15 bits per heavy atom. The number of aromatic carboxylic acids is 1. The van der Waals surface area contributed by atoms with Crippen molar-refractivity contribution in [1.29, 1.82) is 0 Å². The number of carbonyl (C=O) groups is 1. The van der Waals surface area contributed by atoms with Crippen molar-refractivity contribution in [2.75, 3.05) is 6.54 Å². The van der Waals surface area contributed by atoms with Crippen LogP contribution < -0.4 is 0 Å². The molecule has 5 nitrogen and oxygen atoms in total. The Morgan fingerprint density at radius 2 is 1.65 bits per heavy atom. The van der Waals surface area contributed by atoms with Crippen LogP contribution in [-0.2, 0) is 10.0 Å². The summed E-state index contributed by atoms with van der Waals surface area (Å²) in [4.78, 5) is 10.9. The molecule has 0 unspecified atom stereocenters. The molecule has 0 aliphatic rings. The molecule has 1 N–H and O–H groups in total. The fourth-order valence-electron chi connectivity index (χ4n) is 1.85. The van der Waals surface area contributed by atoms with Crippen molar-refractivity contribution in [3.05, 3.63) is 29.8 Å². The zero-order valence-corrected chi connectivity index (χ0v) is 13.0. The van der Waals surface area contributed by atoms with Gasteiger partial charge in [-0.15, -0.1) is 0 Å². The Bertz CT molecular complexity index is 561. The van der Waals surface area contributed by atoms with E-state index in [1.165, 1.54) is 28.6 Å². The first-order valence-corrected chi connectivity index (χ1v) is 7.95. The van der Waals surface area contributed by atoms with E-state index in [0.29, 0.717) is 6.54 Å². The predicted octanol–water partition coefficient (Wildman–Crippen LogP) is 2.44. The fourth-order valence-corrected chi connectivity index (χ4v) is 3.65. The van der Waals surface area contributed by atoms with Crippen molar-refractivity contribution in [2.24, 2.45) is 5.92 Å². The largest absolute Gasteiger partial charge is 0.478 e. The van der Waals surface area contributed by atoms with E-state index in [9.17, 15) is 13.2 Å². The molecule has 0 atom stereocenters. The fraction of sp³-hybridized carbons (Fsp3) is 0.500. The lowest BCUT2D eigenvalue weighted by atomic mass is 10.2. The van der Waals surface area contributed by atoms with Gasteiger partial charge in [-0.3, -0.25) is 0 Å². The van der Waals surface area contributed by atoms with Crippen LogP contribution in [0.5, 0.6) is 0 Å². The molecule has 20 heavy (non-hydrogen) atoms. The van der Waals surface area contributed by atoms with E-state index in [4.69, 9.17) is 5.11 Å². The van der Waals surface area contributed by atoms with Crippen LogP contribution in [0.15, 0.2) is 29.2 Å². The molecule has 1 aromatic rings. The zero-order chi connectivity index (χ0) is 15.5. The molecular weight excluding hydrogens is 278 g/mol. The van der Waals surface area contributed by atoms with Crippen molar-refractivity contribution in [3.8, 4) is 0 Å². The van der Waals surface area contributed by atoms with Crippen LogP contribution in [0.2, 0.25) is 0 Å². The third-order valence-corrected chi connectivity index (χ3v) is 4.88. The monoisotopic (exact) mass is 299 g/mol. The number of sulfonamides is 1. The normalized spacial score (nSPS) is 12.3. The molecule has 0 aromatic heterocycles. The summed E-state index contributed by atoms with van der Waals surface area (Å²) in [7, 11) is -3.60. The second-order valence-electron chi connectivity index (χ2n) is 5.39. The Labute approximate surface area is 120 Å². The molecule has 0 heterocycles. The molecule has 0 spiro atoms. The van der Waals surface area contributed by atoms with Crippen molar-refractivity contribution in [1.82, 2.24) is 4.31 Å². The second kappa shape index (κ2) is 6.37. The number of carboxylic acids is 1. The van der Waals surface area contributed by atoms with Crippen LogP contribution in [-0.4, -0.2) is 36.4 Å². The molecule has 0 amide bonds. The van der Waals surface area contributed by atoms with Crippen molar-refractivity contribution >= 4 is 16.0 Å². The van der Waals surface area contributed by atoms with E-state index >= 15 is 0 Å². The third kappa shape index (κ3) is 3.80. The Morgan fingerprint density at radius 3 is 2.00 bits per heavy atom. The molecule has 0 fully saturated rings. The smallest absolute Gasteiger partial charge is 0.335 e. The van der Waals surface area contributed by atoms with Gasteiger partial charge < -0.3 is 5.11 Å². The molecule has 6 heteroatoms. The average Bonchev–Trinajstić information content (AvgIpc) is 2.35. The highest BCUT2D eigenvalue weighted by atomic mass is 32.2. The minimum Gasteiger partial charge on any atom is -0.478 e. The van der Waals surface area contributed by atoms with Crippen molar-refractivity contribution in [2.45, 2.75) is 38.6 Å². The number of benzene rings is 1. The van der Waals surface area contributed by atoms with Gasteiger partial charge in [0.1, 0.15) is 0 Å². The van der Waals surface area contributed by atoms with Gasteiger partial charge in [0.2, 0.25) is 10.0 Å². The zero-order valence-electron chi connectivity index (χ0n) is 12.2. The van der Waals surface area contributed by atoms with Gasteiger partial charge in [0.25, 0.3) is 0 Å². The van der Waals surface area contributed by atoms with E-state index in [2.05, 4.69) is 0 Å². The second-order valence-corrected chi connectivity index (χ2v) is 7.28. The molecular formula is C14H21NO4S. The lowest BCUT2D eigenvalue weighted by Gasteiger charge is -2.27. The number of hydrogen-bond donors (Lipinski definition) is 1. The molecule has 0 bridgehead atoms. The van der Waals surface area contributed by atoms with Gasteiger partial charge in [0.05, 0.1) is 10.5 Å². The number of hydrogen-bond acceptors (Lipinski definition) is 3. The maximum absolute atomic E-state index is 12.6. The van der Waals surface area contributed by atoms with Gasteiger partial charge in [0.15, 0.2) is 0 Å². The van der Waals surface area contributed by atoms with Crippen molar-refractivity contribution < 1.29 is 18.3 Å². The van der Waals surface area contributed by atoms with Crippen LogP contribution >= 0.6 is 0 Å². The topological polar surface area (TPSA) is 74.7 Å². The van der Waals surface area contributed by atoms with Crippen molar-refractivity contribution in [3.63, 3.8) is 0 Å². The summed E-state index contributed by atoms with van der Waals surface area (Å²) >= 11 is 0. The van der Waals surface area contributed by atoms with Gasteiger partial charge >= 0.3 is 5.97 Å². The molecule has 1 aromatic carbocycles. The first-order chi connectivity index (χ1) is 9.16. The maximum Gasteiger partial charge on any atom is 0.335 e. The molecule has 0 aliphatic carbocycles. The first kappa shape index (κ1) is 16.7. The van der Waals surface area contributed by atoms with Crippen LogP contribution in [0.25, 0.3) is 0 Å². The summed E-state index contributed by atoms with van der Waals surface area (Å²) in [6.45, 7) is 7.99. The molecule has 1 rings (SSSR count). The van der Waals surface area contributed by atoms with E-state index in [1.54, 1.807) is 0 Å². The van der Waals surface area contributed by atoms with Crippen LogP contribution in [0, 0.1) is 5.92 Å². The average molecular weight is 299 g/mol. The van der Waals surface area contributed by atoms with Gasteiger partial charge in [-0.25, -0.2) is 13.2 Å². The van der Waals surface area contributed by atoms with E-state index in [0.717, 1.165) is 0 Å². The highest BCUT2D eigenvalue weighted by Gasteiger charge is 2.27. The van der Waals surface area contributed by atoms with Crippen LogP contribution in [0.4, 0.5) is 0 Å². The maximum atomic E-state index is 12.6. The summed E-state index contributed by atoms with van der Waals surface area (Å²) in [5.41, 5.74) is 0.0731. The minimum absolute atomic E-state index is 0.0731. The molecule has 0 saturated heterocycles. The summed E-state index contributed by atoms with van der Waals surface area (Å²) < 4.78 is 26.6. The van der Waals surface area contributed by atoms with Gasteiger partial charge in [-0.05, 0) is 44.0 Å². The quantitative estimate of drug-likeness (QED) is 0.875. The molecule has 0 saturated carbocycles. The highest BCUT2D eigenvalue weighted by molar-refractivity contribution is 7.89. The molecule has 0 radical (unpaired) electrons. The van der Waals surface area contributed by atoms with Crippen LogP contribution in [0.1, 0.15) is 38.1 Å². The third-order valence-electron chi connectivity index (χ3n) is 2.83. The van der Waals surface area contributed by atoms with Gasteiger partial charge in [-0.2, -0.15) is 4.31 Å².